The lowest BCUT2D eigenvalue weighted by molar-refractivity contribution is 1.08. The first-order valence-corrected chi connectivity index (χ1v) is 4.49. The second kappa shape index (κ2) is 4.97. The highest BCUT2D eigenvalue weighted by molar-refractivity contribution is 5.37. The summed E-state index contributed by atoms with van der Waals surface area (Å²) in [5.74, 6) is 0. The second-order valence-corrected chi connectivity index (χ2v) is 3.52. The molecule has 0 aromatic heterocycles. The summed E-state index contributed by atoms with van der Waals surface area (Å²) in [7, 11) is 0. The largest absolute Gasteiger partial charge is 0.0958 e. The number of hydrogen-bond acceptors (Lipinski definition) is 0. The second-order valence-electron chi connectivity index (χ2n) is 3.52. The van der Waals surface area contributed by atoms with Crippen LogP contribution < -0.4 is 0 Å². The Hall–Kier alpha value is -0.780. The van der Waals surface area contributed by atoms with E-state index in [0.717, 1.165) is 6.42 Å². The van der Waals surface area contributed by atoms with Crippen molar-refractivity contribution < 1.29 is 0 Å². The van der Waals surface area contributed by atoms with Crippen molar-refractivity contribution in [1.82, 2.24) is 0 Å². The van der Waals surface area contributed by atoms with Gasteiger partial charge in [-0.25, -0.2) is 0 Å². The van der Waals surface area contributed by atoms with E-state index in [0.29, 0.717) is 0 Å². The molecule has 0 fully saturated rings. The van der Waals surface area contributed by atoms with Crippen LogP contribution in [0.2, 0.25) is 0 Å². The lowest BCUT2D eigenvalue weighted by atomic mass is 9.99. The molecule has 0 rings (SSSR count). The van der Waals surface area contributed by atoms with Gasteiger partial charge in [-0.05, 0) is 45.3 Å². The van der Waals surface area contributed by atoms with E-state index in [4.69, 9.17) is 0 Å². The van der Waals surface area contributed by atoms with E-state index in [9.17, 15) is 0 Å². The molecule has 0 heteroatoms. The van der Waals surface area contributed by atoms with Crippen molar-refractivity contribution in [2.45, 2.75) is 41.0 Å². The third kappa shape index (κ3) is 3.56. The monoisotopic (exact) mass is 164 g/mol. The Bertz CT molecular complexity index is 222. The van der Waals surface area contributed by atoms with Gasteiger partial charge in [0.2, 0.25) is 0 Å². The van der Waals surface area contributed by atoms with Crippen LogP contribution in [0.25, 0.3) is 0 Å². The van der Waals surface area contributed by atoms with Crippen molar-refractivity contribution in [2.24, 2.45) is 0 Å². The zero-order valence-electron chi connectivity index (χ0n) is 8.99. The average molecular weight is 164 g/mol. The van der Waals surface area contributed by atoms with Crippen molar-refractivity contribution >= 4 is 0 Å². The molecule has 0 heterocycles. The Morgan fingerprint density at radius 3 is 1.92 bits per heavy atom. The molecule has 0 radical (unpaired) electrons. The number of rotatable bonds is 3. The zero-order valence-corrected chi connectivity index (χ0v) is 8.99. The quantitative estimate of drug-likeness (QED) is 0.547. The summed E-state index contributed by atoms with van der Waals surface area (Å²) in [6.45, 7) is 14.6. The SMILES string of the molecule is C=C(C)/C(CC)=C(/C)C=C(C)C. The Kier molecular flexibility index (Phi) is 4.65. The fourth-order valence-electron chi connectivity index (χ4n) is 1.44. The lowest BCUT2D eigenvalue weighted by Gasteiger charge is -2.06. The summed E-state index contributed by atoms with van der Waals surface area (Å²) in [5, 5.41) is 0. The van der Waals surface area contributed by atoms with E-state index >= 15 is 0 Å². The maximum absolute atomic E-state index is 3.97. The van der Waals surface area contributed by atoms with Crippen LogP contribution in [0.4, 0.5) is 0 Å². The molecule has 0 aromatic carbocycles. The molecular formula is C12H20. The summed E-state index contributed by atoms with van der Waals surface area (Å²) in [6, 6.07) is 0. The van der Waals surface area contributed by atoms with Gasteiger partial charge in [0.15, 0.2) is 0 Å². The molecule has 0 N–H and O–H groups in total. The minimum absolute atomic E-state index is 1.07. The van der Waals surface area contributed by atoms with Crippen LogP contribution in [0.5, 0.6) is 0 Å². The maximum Gasteiger partial charge on any atom is -0.0302 e. The Morgan fingerprint density at radius 2 is 1.67 bits per heavy atom. The van der Waals surface area contributed by atoms with Gasteiger partial charge in [0.1, 0.15) is 0 Å². The normalized spacial score (nSPS) is 12.1. The minimum atomic E-state index is 1.07. The van der Waals surface area contributed by atoms with E-state index in [1.54, 1.807) is 0 Å². The number of hydrogen-bond donors (Lipinski definition) is 0. The molecule has 0 spiro atoms. The predicted octanol–water partition coefficient (Wildman–Crippen LogP) is 4.26. The van der Waals surface area contributed by atoms with Gasteiger partial charge in [-0.1, -0.05) is 30.7 Å². The topological polar surface area (TPSA) is 0 Å². The van der Waals surface area contributed by atoms with E-state index in [1.165, 1.54) is 22.3 Å². The zero-order chi connectivity index (χ0) is 9.72. The third-order valence-corrected chi connectivity index (χ3v) is 1.85. The molecule has 0 amide bonds. The van der Waals surface area contributed by atoms with Gasteiger partial charge < -0.3 is 0 Å². The molecule has 0 saturated heterocycles. The van der Waals surface area contributed by atoms with Crippen LogP contribution in [-0.2, 0) is 0 Å². The van der Waals surface area contributed by atoms with Crippen molar-refractivity contribution in [2.75, 3.05) is 0 Å². The Labute approximate surface area is 76.7 Å². The molecule has 0 aliphatic rings. The van der Waals surface area contributed by atoms with Crippen LogP contribution in [0, 0.1) is 0 Å². The van der Waals surface area contributed by atoms with Crippen molar-refractivity contribution in [3.05, 3.63) is 34.9 Å². The summed E-state index contributed by atoms with van der Waals surface area (Å²) >= 11 is 0. The van der Waals surface area contributed by atoms with Crippen LogP contribution in [-0.4, -0.2) is 0 Å². The van der Waals surface area contributed by atoms with E-state index in [-0.39, 0.29) is 0 Å². The predicted molar refractivity (Wildman–Crippen MR) is 57.2 cm³/mol. The van der Waals surface area contributed by atoms with Crippen LogP contribution in [0.3, 0.4) is 0 Å². The smallest absolute Gasteiger partial charge is 0.0302 e. The molecule has 0 aromatic rings. The maximum atomic E-state index is 3.97. The van der Waals surface area contributed by atoms with Gasteiger partial charge in [-0.2, -0.15) is 0 Å². The fraction of sp³-hybridized carbons (Fsp3) is 0.500. The Balaban J connectivity index is 4.85. The first-order chi connectivity index (χ1) is 5.49. The minimum Gasteiger partial charge on any atom is -0.0958 e. The molecular weight excluding hydrogens is 144 g/mol. The third-order valence-electron chi connectivity index (χ3n) is 1.85. The van der Waals surface area contributed by atoms with Gasteiger partial charge in [0.25, 0.3) is 0 Å². The van der Waals surface area contributed by atoms with Crippen molar-refractivity contribution in [1.29, 1.82) is 0 Å². The van der Waals surface area contributed by atoms with Gasteiger partial charge in [-0.3, -0.25) is 0 Å². The highest BCUT2D eigenvalue weighted by Gasteiger charge is 1.98. The van der Waals surface area contributed by atoms with Crippen molar-refractivity contribution in [3.63, 3.8) is 0 Å². The van der Waals surface area contributed by atoms with Crippen molar-refractivity contribution in [3.8, 4) is 0 Å². The summed E-state index contributed by atoms with van der Waals surface area (Å²) in [5.41, 5.74) is 5.27. The van der Waals surface area contributed by atoms with Gasteiger partial charge in [0.05, 0.1) is 0 Å². The summed E-state index contributed by atoms with van der Waals surface area (Å²) < 4.78 is 0. The van der Waals surface area contributed by atoms with Crippen LogP contribution in [0.15, 0.2) is 34.9 Å². The van der Waals surface area contributed by atoms with E-state index in [2.05, 4.69) is 47.3 Å². The first-order valence-electron chi connectivity index (χ1n) is 4.49. The molecule has 0 atom stereocenters. The molecule has 0 nitrogen and oxygen atoms in total. The fourth-order valence-corrected chi connectivity index (χ4v) is 1.44. The highest BCUT2D eigenvalue weighted by Crippen LogP contribution is 2.18. The Morgan fingerprint density at radius 1 is 1.17 bits per heavy atom. The average Bonchev–Trinajstić information content (AvgIpc) is 1.85. The molecule has 0 aliphatic carbocycles. The van der Waals surface area contributed by atoms with Gasteiger partial charge in [0, 0.05) is 0 Å². The molecule has 0 bridgehead atoms. The van der Waals surface area contributed by atoms with Gasteiger partial charge >= 0.3 is 0 Å². The molecule has 68 valence electrons. The molecule has 0 saturated carbocycles. The van der Waals surface area contributed by atoms with Crippen LogP contribution in [0.1, 0.15) is 41.0 Å². The van der Waals surface area contributed by atoms with Crippen LogP contribution >= 0.6 is 0 Å². The first kappa shape index (κ1) is 11.2. The number of allylic oxidation sites excluding steroid dienone is 5. The highest BCUT2D eigenvalue weighted by atomic mass is 14.0. The standard InChI is InChI=1S/C12H20/c1-7-12(10(4)5)11(6)8-9(2)3/h8H,4,7H2,1-3,5-6H3/b12-11-. The summed E-state index contributed by atoms with van der Waals surface area (Å²) in [4.78, 5) is 0. The molecule has 0 unspecified atom stereocenters. The van der Waals surface area contributed by atoms with E-state index < -0.39 is 0 Å². The lowest BCUT2D eigenvalue weighted by Crippen LogP contribution is -1.86. The molecule has 0 aliphatic heterocycles. The van der Waals surface area contributed by atoms with E-state index in [1.807, 2.05) is 0 Å². The molecule has 12 heavy (non-hydrogen) atoms. The van der Waals surface area contributed by atoms with Gasteiger partial charge in [-0.15, -0.1) is 0 Å². The summed E-state index contributed by atoms with van der Waals surface area (Å²) in [6.07, 6.45) is 3.29.